The van der Waals surface area contributed by atoms with E-state index in [0.29, 0.717) is 11.5 Å². The van der Waals surface area contributed by atoms with Gasteiger partial charge in [-0.3, -0.25) is 10.5 Å². The van der Waals surface area contributed by atoms with E-state index in [2.05, 4.69) is 0 Å². The van der Waals surface area contributed by atoms with E-state index in [4.69, 9.17) is 10.5 Å². The molecule has 0 aromatic carbocycles. The van der Waals surface area contributed by atoms with E-state index in [1.54, 1.807) is 6.92 Å². The van der Waals surface area contributed by atoms with Gasteiger partial charge in [0.05, 0.1) is 4.88 Å². The maximum Gasteiger partial charge on any atom is 0.216 e. The Labute approximate surface area is 79.3 Å². The van der Waals surface area contributed by atoms with Gasteiger partial charge < -0.3 is 4.74 Å². The van der Waals surface area contributed by atoms with Crippen LogP contribution in [0.1, 0.15) is 16.6 Å². The highest BCUT2D eigenvalue weighted by Crippen LogP contribution is 2.15. The second-order valence-electron chi connectivity index (χ2n) is 2.34. The zero-order valence-corrected chi connectivity index (χ0v) is 7.94. The molecule has 1 aromatic heterocycles. The normalized spacial score (nSPS) is 12.8. The highest BCUT2D eigenvalue weighted by atomic mass is 32.1. The zero-order valence-electron chi connectivity index (χ0n) is 7.12. The molecule has 1 atom stereocenters. The van der Waals surface area contributed by atoms with Crippen LogP contribution in [0, 0.1) is 5.13 Å². The first-order valence-corrected chi connectivity index (χ1v) is 4.63. The van der Waals surface area contributed by atoms with Crippen molar-refractivity contribution in [2.45, 2.75) is 13.2 Å². The SMILES string of the molecule is CCOC(N)C(=O)c1ccc(F)s1. The summed E-state index contributed by atoms with van der Waals surface area (Å²) >= 11 is 0.774. The Morgan fingerprint density at radius 3 is 2.92 bits per heavy atom. The summed E-state index contributed by atoms with van der Waals surface area (Å²) in [6.45, 7) is 2.10. The van der Waals surface area contributed by atoms with Crippen molar-refractivity contribution in [3.05, 3.63) is 22.1 Å². The Hall–Kier alpha value is -0.780. The van der Waals surface area contributed by atoms with Crippen molar-refractivity contribution in [1.82, 2.24) is 0 Å². The molecule has 0 saturated heterocycles. The number of ether oxygens (including phenoxy) is 1. The van der Waals surface area contributed by atoms with Crippen LogP contribution in [0.3, 0.4) is 0 Å². The zero-order chi connectivity index (χ0) is 9.84. The van der Waals surface area contributed by atoms with E-state index < -0.39 is 11.4 Å². The van der Waals surface area contributed by atoms with Crippen LogP contribution in [0.15, 0.2) is 12.1 Å². The topological polar surface area (TPSA) is 52.3 Å². The van der Waals surface area contributed by atoms with E-state index in [0.717, 1.165) is 11.3 Å². The average Bonchev–Trinajstić information content (AvgIpc) is 2.51. The summed E-state index contributed by atoms with van der Waals surface area (Å²) in [4.78, 5) is 11.6. The minimum Gasteiger partial charge on any atom is -0.356 e. The second-order valence-corrected chi connectivity index (χ2v) is 3.38. The largest absolute Gasteiger partial charge is 0.356 e. The van der Waals surface area contributed by atoms with E-state index in [9.17, 15) is 9.18 Å². The highest BCUT2D eigenvalue weighted by Gasteiger charge is 2.17. The molecular formula is C8H10FNO2S. The van der Waals surface area contributed by atoms with Gasteiger partial charge >= 0.3 is 0 Å². The lowest BCUT2D eigenvalue weighted by molar-refractivity contribution is 0.0483. The van der Waals surface area contributed by atoms with Gasteiger partial charge in [0.15, 0.2) is 11.4 Å². The van der Waals surface area contributed by atoms with Crippen molar-refractivity contribution in [3.63, 3.8) is 0 Å². The molecule has 1 unspecified atom stereocenters. The molecule has 5 heteroatoms. The van der Waals surface area contributed by atoms with Gasteiger partial charge in [0.1, 0.15) is 0 Å². The summed E-state index contributed by atoms with van der Waals surface area (Å²) in [6.07, 6.45) is -0.983. The fraction of sp³-hybridized carbons (Fsp3) is 0.375. The third-order valence-electron chi connectivity index (χ3n) is 1.42. The number of nitrogens with two attached hydrogens (primary N) is 1. The molecule has 0 spiro atoms. The number of rotatable bonds is 4. The van der Waals surface area contributed by atoms with Crippen LogP contribution >= 0.6 is 11.3 Å². The average molecular weight is 203 g/mol. The lowest BCUT2D eigenvalue weighted by Crippen LogP contribution is -2.32. The molecule has 0 aliphatic heterocycles. The van der Waals surface area contributed by atoms with Crippen LogP contribution in [0.4, 0.5) is 4.39 Å². The van der Waals surface area contributed by atoms with Crippen molar-refractivity contribution < 1.29 is 13.9 Å². The minimum absolute atomic E-state index is 0.290. The predicted octanol–water partition coefficient (Wildman–Crippen LogP) is 1.39. The predicted molar refractivity (Wildman–Crippen MR) is 48.2 cm³/mol. The summed E-state index contributed by atoms with van der Waals surface area (Å²) in [7, 11) is 0. The Morgan fingerprint density at radius 1 is 1.77 bits per heavy atom. The third kappa shape index (κ3) is 2.58. The number of carbonyl (C=O) groups excluding carboxylic acids is 1. The van der Waals surface area contributed by atoms with E-state index in [1.807, 2.05) is 0 Å². The molecular weight excluding hydrogens is 193 g/mol. The fourth-order valence-electron chi connectivity index (χ4n) is 0.842. The molecule has 0 amide bonds. The molecule has 0 radical (unpaired) electrons. The Balaban J connectivity index is 2.67. The van der Waals surface area contributed by atoms with Crippen LogP contribution in [-0.4, -0.2) is 18.6 Å². The molecule has 72 valence electrons. The van der Waals surface area contributed by atoms with Gasteiger partial charge in [-0.15, -0.1) is 11.3 Å². The maximum atomic E-state index is 12.5. The quantitative estimate of drug-likeness (QED) is 0.594. The third-order valence-corrected chi connectivity index (χ3v) is 2.31. The van der Waals surface area contributed by atoms with Crippen molar-refractivity contribution in [3.8, 4) is 0 Å². The fourth-order valence-corrected chi connectivity index (χ4v) is 1.54. The molecule has 13 heavy (non-hydrogen) atoms. The number of thiophene rings is 1. The van der Waals surface area contributed by atoms with Gasteiger partial charge in [0, 0.05) is 6.61 Å². The summed E-state index contributed by atoms with van der Waals surface area (Å²) in [5.41, 5.74) is 5.38. The van der Waals surface area contributed by atoms with Crippen LogP contribution in [-0.2, 0) is 4.74 Å². The lowest BCUT2D eigenvalue weighted by atomic mass is 10.3. The molecule has 0 aliphatic rings. The molecule has 0 aliphatic carbocycles. The van der Waals surface area contributed by atoms with Crippen LogP contribution < -0.4 is 5.73 Å². The first-order chi connectivity index (χ1) is 6.15. The molecule has 1 rings (SSSR count). The molecule has 0 fully saturated rings. The molecule has 0 bridgehead atoms. The van der Waals surface area contributed by atoms with Crippen LogP contribution in [0.2, 0.25) is 0 Å². The van der Waals surface area contributed by atoms with Gasteiger partial charge in [0.25, 0.3) is 0 Å². The monoisotopic (exact) mass is 203 g/mol. The van der Waals surface area contributed by atoms with Gasteiger partial charge in [-0.1, -0.05) is 0 Å². The van der Waals surface area contributed by atoms with Gasteiger partial charge in [-0.05, 0) is 19.1 Å². The maximum absolute atomic E-state index is 12.5. The number of hydrogen-bond acceptors (Lipinski definition) is 4. The Kier molecular flexibility index (Phi) is 3.53. The van der Waals surface area contributed by atoms with Gasteiger partial charge in [-0.25, -0.2) is 0 Å². The second kappa shape index (κ2) is 4.45. The first-order valence-electron chi connectivity index (χ1n) is 3.82. The number of halogens is 1. The number of ketones is 1. The number of hydrogen-bond donors (Lipinski definition) is 1. The standard InChI is InChI=1S/C8H10FNO2S/c1-2-12-8(10)7(11)5-3-4-6(9)13-5/h3-4,8H,2,10H2,1H3. The lowest BCUT2D eigenvalue weighted by Gasteiger charge is -2.07. The molecule has 1 aromatic rings. The van der Waals surface area contributed by atoms with E-state index in [-0.39, 0.29) is 5.78 Å². The van der Waals surface area contributed by atoms with Gasteiger partial charge in [-0.2, -0.15) is 4.39 Å². The molecule has 3 nitrogen and oxygen atoms in total. The van der Waals surface area contributed by atoms with Crippen LogP contribution in [0.25, 0.3) is 0 Å². The number of Topliss-reactive ketones (excluding diaryl/α,β-unsaturated/α-hetero) is 1. The molecule has 1 heterocycles. The van der Waals surface area contributed by atoms with E-state index in [1.165, 1.54) is 12.1 Å². The van der Waals surface area contributed by atoms with Crippen molar-refractivity contribution in [1.29, 1.82) is 0 Å². The van der Waals surface area contributed by atoms with E-state index >= 15 is 0 Å². The summed E-state index contributed by atoms with van der Waals surface area (Å²) < 4.78 is 17.4. The van der Waals surface area contributed by atoms with Crippen LogP contribution in [0.5, 0.6) is 0 Å². The summed E-state index contributed by atoms with van der Waals surface area (Å²) in [5, 5.41) is -0.396. The Morgan fingerprint density at radius 2 is 2.46 bits per heavy atom. The molecule has 0 saturated carbocycles. The number of carbonyl (C=O) groups is 1. The highest BCUT2D eigenvalue weighted by molar-refractivity contribution is 7.12. The smallest absolute Gasteiger partial charge is 0.216 e. The summed E-state index contributed by atoms with van der Waals surface area (Å²) in [6, 6.07) is 2.64. The summed E-state index contributed by atoms with van der Waals surface area (Å²) in [5.74, 6) is -0.379. The first kappa shape index (κ1) is 10.3. The Bertz CT molecular complexity index is 300. The minimum atomic E-state index is -0.983. The van der Waals surface area contributed by atoms with Gasteiger partial charge in [0.2, 0.25) is 5.78 Å². The molecule has 2 N–H and O–H groups in total. The van der Waals surface area contributed by atoms with Crippen molar-refractivity contribution in [2.75, 3.05) is 6.61 Å². The van der Waals surface area contributed by atoms with Crippen molar-refractivity contribution in [2.24, 2.45) is 5.73 Å². The van der Waals surface area contributed by atoms with Crippen molar-refractivity contribution >= 4 is 17.1 Å².